The number of nitrogens with one attached hydrogen (secondary N) is 1. The number of carbonyl (C=O) groups is 1. The Bertz CT molecular complexity index is 385. The van der Waals surface area contributed by atoms with Gasteiger partial charge in [-0.2, -0.15) is 0 Å². The lowest BCUT2D eigenvalue weighted by molar-refractivity contribution is -0.122. The summed E-state index contributed by atoms with van der Waals surface area (Å²) in [5.41, 5.74) is 1.48. The molecule has 2 rings (SSSR count). The van der Waals surface area contributed by atoms with Crippen LogP contribution in [0.2, 0.25) is 0 Å². The van der Waals surface area contributed by atoms with Crippen molar-refractivity contribution in [1.82, 2.24) is 0 Å². The van der Waals surface area contributed by atoms with E-state index in [1.807, 2.05) is 6.92 Å². The molecule has 3 heteroatoms. The van der Waals surface area contributed by atoms with Crippen LogP contribution in [0, 0.1) is 18.7 Å². The second-order valence-corrected chi connectivity index (χ2v) is 4.08. The average Bonchev–Trinajstić information content (AvgIpc) is 2.08. The van der Waals surface area contributed by atoms with Crippen LogP contribution in [-0.2, 0) is 4.79 Å². The summed E-state index contributed by atoms with van der Waals surface area (Å²) in [5, 5.41) is 2.77. The van der Waals surface area contributed by atoms with Crippen LogP contribution in [0.25, 0.3) is 0 Å². The molecule has 0 aliphatic heterocycles. The fourth-order valence-electron chi connectivity index (χ4n) is 1.63. The van der Waals surface area contributed by atoms with Crippen LogP contribution in [0.3, 0.4) is 0 Å². The molecule has 1 amide bonds. The summed E-state index contributed by atoms with van der Waals surface area (Å²) in [5.74, 6) is -0.160. The molecule has 1 saturated carbocycles. The monoisotopic (exact) mass is 207 g/mol. The number of anilines is 1. The van der Waals surface area contributed by atoms with Crippen molar-refractivity contribution in [1.29, 1.82) is 0 Å². The van der Waals surface area contributed by atoms with Gasteiger partial charge in [-0.1, -0.05) is 12.5 Å². The molecule has 0 spiro atoms. The van der Waals surface area contributed by atoms with Gasteiger partial charge >= 0.3 is 0 Å². The molecule has 80 valence electrons. The fraction of sp³-hybridized carbons (Fsp3) is 0.417. The highest BCUT2D eigenvalue weighted by molar-refractivity contribution is 5.93. The molecule has 2 nitrogen and oxygen atoms in total. The predicted octanol–water partition coefficient (Wildman–Crippen LogP) is 2.87. The maximum atomic E-state index is 12.9. The Kier molecular flexibility index (Phi) is 2.71. The van der Waals surface area contributed by atoms with E-state index in [0.717, 1.165) is 24.8 Å². The molecule has 1 N–H and O–H groups in total. The first-order chi connectivity index (χ1) is 7.16. The van der Waals surface area contributed by atoms with Gasteiger partial charge in [0.05, 0.1) is 0 Å². The summed E-state index contributed by atoms with van der Waals surface area (Å²) in [4.78, 5) is 11.6. The Balaban J connectivity index is 2.09. The number of rotatable bonds is 2. The summed E-state index contributed by atoms with van der Waals surface area (Å²) >= 11 is 0. The van der Waals surface area contributed by atoms with Crippen LogP contribution in [0.15, 0.2) is 18.2 Å². The lowest BCUT2D eigenvalue weighted by atomic mass is 9.85. The maximum absolute atomic E-state index is 12.9. The zero-order valence-electron chi connectivity index (χ0n) is 8.72. The molecule has 0 radical (unpaired) electrons. The number of hydrogen-bond donors (Lipinski definition) is 1. The first kappa shape index (κ1) is 10.1. The van der Waals surface area contributed by atoms with Gasteiger partial charge in [-0.3, -0.25) is 4.79 Å². The van der Waals surface area contributed by atoms with Gasteiger partial charge < -0.3 is 5.32 Å². The molecule has 0 heterocycles. The first-order valence-electron chi connectivity index (χ1n) is 5.24. The minimum absolute atomic E-state index is 0.0231. The van der Waals surface area contributed by atoms with Crippen molar-refractivity contribution in [2.45, 2.75) is 26.2 Å². The summed E-state index contributed by atoms with van der Waals surface area (Å²) in [6.07, 6.45) is 3.04. The van der Waals surface area contributed by atoms with E-state index >= 15 is 0 Å². The minimum atomic E-state index is -0.315. The second-order valence-electron chi connectivity index (χ2n) is 4.08. The lowest BCUT2D eigenvalue weighted by Gasteiger charge is -2.24. The Morgan fingerprint density at radius 2 is 2.20 bits per heavy atom. The molecule has 0 atom stereocenters. The number of halogens is 1. The predicted molar refractivity (Wildman–Crippen MR) is 57.1 cm³/mol. The fourth-order valence-corrected chi connectivity index (χ4v) is 1.63. The van der Waals surface area contributed by atoms with Gasteiger partial charge in [0, 0.05) is 11.6 Å². The van der Waals surface area contributed by atoms with Crippen molar-refractivity contribution in [3.63, 3.8) is 0 Å². The van der Waals surface area contributed by atoms with Gasteiger partial charge in [-0.05, 0) is 37.5 Å². The van der Waals surface area contributed by atoms with Crippen LogP contribution in [0.1, 0.15) is 24.8 Å². The van der Waals surface area contributed by atoms with Gasteiger partial charge in [0.15, 0.2) is 0 Å². The molecular formula is C12H14FNO. The van der Waals surface area contributed by atoms with E-state index in [1.165, 1.54) is 12.1 Å². The van der Waals surface area contributed by atoms with Gasteiger partial charge in [-0.15, -0.1) is 0 Å². The summed E-state index contributed by atoms with van der Waals surface area (Å²) < 4.78 is 12.9. The summed E-state index contributed by atoms with van der Waals surface area (Å²) in [6, 6.07) is 4.44. The van der Waals surface area contributed by atoms with E-state index in [2.05, 4.69) is 5.32 Å². The van der Waals surface area contributed by atoms with E-state index in [9.17, 15) is 9.18 Å². The van der Waals surface area contributed by atoms with Gasteiger partial charge in [0.2, 0.25) is 5.91 Å². The lowest BCUT2D eigenvalue weighted by Crippen LogP contribution is -2.28. The van der Waals surface area contributed by atoms with Crippen molar-refractivity contribution in [3.05, 3.63) is 29.6 Å². The molecule has 0 unspecified atom stereocenters. The Morgan fingerprint density at radius 3 is 2.80 bits per heavy atom. The third-order valence-corrected chi connectivity index (χ3v) is 2.93. The molecule has 0 aromatic heterocycles. The topological polar surface area (TPSA) is 29.1 Å². The number of amides is 1. The smallest absolute Gasteiger partial charge is 0.227 e. The van der Waals surface area contributed by atoms with E-state index in [1.54, 1.807) is 6.07 Å². The SMILES string of the molecule is Cc1ccc(F)cc1NC(=O)C1CCC1. The van der Waals surface area contributed by atoms with Crippen LogP contribution in [0.4, 0.5) is 10.1 Å². The van der Waals surface area contributed by atoms with E-state index < -0.39 is 0 Å². The molecule has 0 bridgehead atoms. The van der Waals surface area contributed by atoms with E-state index in [-0.39, 0.29) is 17.6 Å². The zero-order chi connectivity index (χ0) is 10.8. The van der Waals surface area contributed by atoms with Crippen molar-refractivity contribution in [3.8, 4) is 0 Å². The number of benzene rings is 1. The van der Waals surface area contributed by atoms with Crippen LogP contribution in [0.5, 0.6) is 0 Å². The third-order valence-electron chi connectivity index (χ3n) is 2.93. The largest absolute Gasteiger partial charge is 0.326 e. The zero-order valence-corrected chi connectivity index (χ0v) is 8.72. The summed E-state index contributed by atoms with van der Waals surface area (Å²) in [7, 11) is 0. The molecular weight excluding hydrogens is 193 g/mol. The molecule has 15 heavy (non-hydrogen) atoms. The van der Waals surface area contributed by atoms with Gasteiger partial charge in [0.25, 0.3) is 0 Å². The molecule has 1 aliphatic carbocycles. The third kappa shape index (κ3) is 2.17. The van der Waals surface area contributed by atoms with Crippen LogP contribution < -0.4 is 5.32 Å². The first-order valence-corrected chi connectivity index (χ1v) is 5.24. The summed E-state index contributed by atoms with van der Waals surface area (Å²) in [6.45, 7) is 1.86. The Labute approximate surface area is 88.5 Å². The Morgan fingerprint density at radius 1 is 1.47 bits per heavy atom. The number of aryl methyl sites for hydroxylation is 1. The van der Waals surface area contributed by atoms with Crippen molar-refractivity contribution < 1.29 is 9.18 Å². The standard InChI is InChI=1S/C12H14FNO/c1-8-5-6-10(13)7-11(8)14-12(15)9-3-2-4-9/h5-7,9H,2-4H2,1H3,(H,14,15). The van der Waals surface area contributed by atoms with Crippen molar-refractivity contribution >= 4 is 11.6 Å². The molecule has 1 fully saturated rings. The van der Waals surface area contributed by atoms with E-state index in [0.29, 0.717) is 5.69 Å². The van der Waals surface area contributed by atoms with E-state index in [4.69, 9.17) is 0 Å². The molecule has 1 aromatic rings. The van der Waals surface area contributed by atoms with Crippen LogP contribution in [-0.4, -0.2) is 5.91 Å². The number of hydrogen-bond acceptors (Lipinski definition) is 1. The molecule has 1 aromatic carbocycles. The quantitative estimate of drug-likeness (QED) is 0.793. The van der Waals surface area contributed by atoms with Crippen LogP contribution >= 0.6 is 0 Å². The highest BCUT2D eigenvalue weighted by Crippen LogP contribution is 2.28. The Hall–Kier alpha value is -1.38. The average molecular weight is 207 g/mol. The van der Waals surface area contributed by atoms with Gasteiger partial charge in [-0.25, -0.2) is 4.39 Å². The highest BCUT2D eigenvalue weighted by Gasteiger charge is 2.25. The van der Waals surface area contributed by atoms with Crippen molar-refractivity contribution in [2.24, 2.45) is 5.92 Å². The van der Waals surface area contributed by atoms with Gasteiger partial charge in [0.1, 0.15) is 5.82 Å². The molecule has 0 saturated heterocycles. The maximum Gasteiger partial charge on any atom is 0.227 e. The van der Waals surface area contributed by atoms with Crippen molar-refractivity contribution in [2.75, 3.05) is 5.32 Å². The number of carbonyl (C=O) groups excluding carboxylic acids is 1. The molecule has 1 aliphatic rings. The highest BCUT2D eigenvalue weighted by atomic mass is 19.1. The normalized spacial score (nSPS) is 15.9. The minimum Gasteiger partial charge on any atom is -0.326 e. The second kappa shape index (κ2) is 4.01.